The summed E-state index contributed by atoms with van der Waals surface area (Å²) >= 11 is 3.46. The third-order valence-corrected chi connectivity index (χ3v) is 4.37. The van der Waals surface area contributed by atoms with Gasteiger partial charge in [-0.2, -0.15) is 0 Å². The second-order valence-electron chi connectivity index (χ2n) is 3.61. The summed E-state index contributed by atoms with van der Waals surface area (Å²) in [6.45, 7) is 5.03. The van der Waals surface area contributed by atoms with E-state index in [9.17, 15) is 4.79 Å². The van der Waals surface area contributed by atoms with E-state index in [2.05, 4.69) is 20.5 Å². The van der Waals surface area contributed by atoms with Gasteiger partial charge in [0.05, 0.1) is 22.1 Å². The van der Waals surface area contributed by atoms with Crippen molar-refractivity contribution in [3.05, 3.63) is 31.0 Å². The molecule has 0 aliphatic heterocycles. The molecule has 0 unspecified atom stereocenters. The average molecular weight is 377 g/mol. The molecule has 2 rings (SSSR count). The van der Waals surface area contributed by atoms with Crippen molar-refractivity contribution >= 4 is 39.1 Å². The lowest BCUT2D eigenvalue weighted by molar-refractivity contribution is 0.712. The Bertz CT molecular complexity index is 609. The Hall–Kier alpha value is -1.03. The van der Waals surface area contributed by atoms with Crippen LogP contribution in [0.5, 0.6) is 0 Å². The maximum Gasteiger partial charge on any atom is 0.267 e. The second-order valence-corrected chi connectivity index (χ2v) is 5.75. The van der Waals surface area contributed by atoms with Gasteiger partial charge in [-0.25, -0.2) is 4.98 Å². The Labute approximate surface area is 122 Å². The van der Waals surface area contributed by atoms with E-state index in [0.717, 1.165) is 22.4 Å². The molecule has 96 valence electrons. The number of hydrogen-bond acceptors (Lipinski definition) is 6. The van der Waals surface area contributed by atoms with E-state index in [4.69, 9.17) is 0 Å². The number of nitrogens with one attached hydrogen (secondary N) is 1. The van der Waals surface area contributed by atoms with Crippen molar-refractivity contribution in [2.75, 3.05) is 11.9 Å². The van der Waals surface area contributed by atoms with E-state index < -0.39 is 0 Å². The molecule has 0 bridgehead atoms. The minimum Gasteiger partial charge on any atom is -0.360 e. The molecular formula is C10H12IN5OS. The first-order valence-electron chi connectivity index (χ1n) is 5.39. The molecule has 0 saturated heterocycles. The molecule has 0 saturated carbocycles. The first-order valence-corrected chi connectivity index (χ1v) is 7.29. The number of hydrogen-bond donors (Lipinski definition) is 1. The topological polar surface area (TPSA) is 72.7 Å². The normalized spacial score (nSPS) is 10.6. The second kappa shape index (κ2) is 5.74. The number of halogens is 1. The highest BCUT2D eigenvalue weighted by atomic mass is 127. The van der Waals surface area contributed by atoms with Gasteiger partial charge in [0.2, 0.25) is 5.13 Å². The van der Waals surface area contributed by atoms with Crippen LogP contribution in [0.25, 0.3) is 0 Å². The molecule has 18 heavy (non-hydrogen) atoms. The van der Waals surface area contributed by atoms with Crippen molar-refractivity contribution in [3.8, 4) is 0 Å². The fraction of sp³-hybridized carbons (Fsp3) is 0.400. The van der Waals surface area contributed by atoms with Crippen LogP contribution in [0.2, 0.25) is 0 Å². The van der Waals surface area contributed by atoms with Crippen molar-refractivity contribution in [1.29, 1.82) is 0 Å². The molecule has 0 atom stereocenters. The van der Waals surface area contributed by atoms with Crippen molar-refractivity contribution in [2.24, 2.45) is 0 Å². The molecule has 2 heterocycles. The van der Waals surface area contributed by atoms with Crippen LogP contribution in [-0.4, -0.2) is 26.3 Å². The van der Waals surface area contributed by atoms with E-state index >= 15 is 0 Å². The number of aryl methyl sites for hydroxylation is 1. The lowest BCUT2D eigenvalue weighted by atomic mass is 10.4. The van der Waals surface area contributed by atoms with E-state index in [1.807, 2.05) is 36.4 Å². The van der Waals surface area contributed by atoms with Crippen molar-refractivity contribution in [2.45, 2.75) is 20.4 Å². The Kier molecular flexibility index (Phi) is 4.27. The van der Waals surface area contributed by atoms with E-state index in [1.165, 1.54) is 11.3 Å². The van der Waals surface area contributed by atoms with E-state index in [1.54, 1.807) is 10.9 Å². The number of anilines is 1. The molecule has 0 aliphatic rings. The molecule has 0 amide bonds. The number of rotatable bonds is 4. The summed E-state index contributed by atoms with van der Waals surface area (Å²) in [7, 11) is 0. The molecule has 2 aromatic heterocycles. The van der Waals surface area contributed by atoms with Gasteiger partial charge in [-0.05, 0) is 36.4 Å². The lowest BCUT2D eigenvalue weighted by Crippen LogP contribution is -2.24. The molecule has 0 aliphatic carbocycles. The summed E-state index contributed by atoms with van der Waals surface area (Å²) in [5.74, 6) is 0. The first kappa shape index (κ1) is 13.4. The van der Waals surface area contributed by atoms with Gasteiger partial charge in [0, 0.05) is 6.54 Å². The van der Waals surface area contributed by atoms with E-state index in [-0.39, 0.29) is 5.56 Å². The van der Waals surface area contributed by atoms with Crippen molar-refractivity contribution in [1.82, 2.24) is 19.7 Å². The Morgan fingerprint density at radius 2 is 2.28 bits per heavy atom. The van der Waals surface area contributed by atoms with Crippen molar-refractivity contribution in [3.63, 3.8) is 0 Å². The Morgan fingerprint density at radius 3 is 3.00 bits per heavy atom. The van der Waals surface area contributed by atoms with Crippen LogP contribution in [0.15, 0.2) is 11.1 Å². The minimum absolute atomic E-state index is 0.0386. The molecule has 6 nitrogen and oxygen atoms in total. The smallest absolute Gasteiger partial charge is 0.267 e. The molecule has 0 fully saturated rings. The lowest BCUT2D eigenvalue weighted by Gasteiger charge is -2.03. The SMILES string of the molecule is CCNc1nnc(Cn2cnc(C)c(I)c2=O)s1. The van der Waals surface area contributed by atoms with Crippen LogP contribution in [-0.2, 0) is 6.54 Å². The van der Waals surface area contributed by atoms with Gasteiger partial charge in [0.15, 0.2) is 0 Å². The monoisotopic (exact) mass is 377 g/mol. The predicted molar refractivity (Wildman–Crippen MR) is 79.1 cm³/mol. The third-order valence-electron chi connectivity index (χ3n) is 2.26. The molecule has 0 spiro atoms. The zero-order valence-electron chi connectivity index (χ0n) is 9.97. The zero-order valence-corrected chi connectivity index (χ0v) is 12.9. The fourth-order valence-electron chi connectivity index (χ4n) is 1.34. The fourth-order valence-corrected chi connectivity index (χ4v) is 2.60. The van der Waals surface area contributed by atoms with Crippen LogP contribution in [0.1, 0.15) is 17.6 Å². The third kappa shape index (κ3) is 2.86. The summed E-state index contributed by atoms with van der Waals surface area (Å²) in [5.41, 5.74) is 0.714. The zero-order chi connectivity index (χ0) is 13.1. The Morgan fingerprint density at radius 1 is 1.50 bits per heavy atom. The van der Waals surface area contributed by atoms with Crippen LogP contribution in [0.4, 0.5) is 5.13 Å². The maximum atomic E-state index is 12.0. The van der Waals surface area contributed by atoms with Gasteiger partial charge >= 0.3 is 0 Å². The minimum atomic E-state index is -0.0386. The Balaban J connectivity index is 2.23. The summed E-state index contributed by atoms with van der Waals surface area (Å²) in [6.07, 6.45) is 1.55. The summed E-state index contributed by atoms with van der Waals surface area (Å²) in [6, 6.07) is 0. The number of aromatic nitrogens is 4. The summed E-state index contributed by atoms with van der Waals surface area (Å²) in [5, 5.41) is 12.7. The summed E-state index contributed by atoms with van der Waals surface area (Å²) in [4.78, 5) is 16.2. The first-order chi connectivity index (χ1) is 8.61. The van der Waals surface area contributed by atoms with Crippen LogP contribution in [0.3, 0.4) is 0 Å². The highest BCUT2D eigenvalue weighted by Crippen LogP contribution is 2.15. The summed E-state index contributed by atoms with van der Waals surface area (Å²) < 4.78 is 2.19. The molecule has 0 aromatic carbocycles. The van der Waals surface area contributed by atoms with Gasteiger partial charge in [-0.15, -0.1) is 10.2 Å². The van der Waals surface area contributed by atoms with Gasteiger partial charge in [-0.3, -0.25) is 9.36 Å². The largest absolute Gasteiger partial charge is 0.360 e. The molecule has 0 radical (unpaired) electrons. The average Bonchev–Trinajstić information content (AvgIpc) is 2.78. The molecule has 8 heteroatoms. The maximum absolute atomic E-state index is 12.0. The highest BCUT2D eigenvalue weighted by molar-refractivity contribution is 14.1. The van der Waals surface area contributed by atoms with Crippen molar-refractivity contribution < 1.29 is 0 Å². The van der Waals surface area contributed by atoms with Gasteiger partial charge in [-0.1, -0.05) is 11.3 Å². The standard InChI is InChI=1S/C10H12IN5OS/c1-3-12-10-15-14-7(18-10)4-16-5-13-6(2)8(11)9(16)17/h5H,3-4H2,1-2H3,(H,12,15). The molecular weight excluding hydrogens is 365 g/mol. The molecule has 2 aromatic rings. The number of nitrogens with zero attached hydrogens (tertiary/aromatic N) is 4. The van der Waals surface area contributed by atoms with Crippen LogP contribution >= 0.6 is 33.9 Å². The van der Waals surface area contributed by atoms with Gasteiger partial charge in [0.25, 0.3) is 5.56 Å². The van der Waals surface area contributed by atoms with Crippen LogP contribution < -0.4 is 10.9 Å². The van der Waals surface area contributed by atoms with Gasteiger partial charge in [0.1, 0.15) is 5.01 Å². The quantitative estimate of drug-likeness (QED) is 0.818. The predicted octanol–water partition coefficient (Wildman–Crippen LogP) is 1.49. The van der Waals surface area contributed by atoms with Gasteiger partial charge < -0.3 is 5.32 Å². The highest BCUT2D eigenvalue weighted by Gasteiger charge is 2.08. The van der Waals surface area contributed by atoms with Crippen LogP contribution in [0, 0.1) is 10.5 Å². The van der Waals surface area contributed by atoms with E-state index in [0.29, 0.717) is 10.1 Å². The molecule has 1 N–H and O–H groups in total.